The minimum absolute atomic E-state index is 0.00573. The van der Waals surface area contributed by atoms with Gasteiger partial charge >= 0.3 is 0 Å². The lowest BCUT2D eigenvalue weighted by atomic mass is 10.1. The van der Waals surface area contributed by atoms with Crippen LogP contribution in [0, 0.1) is 5.82 Å². The van der Waals surface area contributed by atoms with E-state index in [0.29, 0.717) is 31.7 Å². The maximum absolute atomic E-state index is 13.4. The average Bonchev–Trinajstić information content (AvgIpc) is 2.74. The number of hydrogen-bond acceptors (Lipinski definition) is 4. The number of nitrogens with zero attached hydrogens (tertiary/aromatic N) is 2. The predicted octanol–water partition coefficient (Wildman–Crippen LogP) is 2.37. The lowest BCUT2D eigenvalue weighted by Gasteiger charge is -2.34. The molecule has 2 N–H and O–H groups in total. The lowest BCUT2D eigenvalue weighted by molar-refractivity contribution is -0.130. The van der Waals surface area contributed by atoms with Gasteiger partial charge in [0.2, 0.25) is 5.91 Å². The van der Waals surface area contributed by atoms with Gasteiger partial charge < -0.3 is 20.3 Å². The molecule has 0 aromatic heterocycles. The van der Waals surface area contributed by atoms with Gasteiger partial charge in [0, 0.05) is 38.7 Å². The fourth-order valence-corrected chi connectivity index (χ4v) is 3.39. The third-order valence-corrected chi connectivity index (χ3v) is 5.13. The van der Waals surface area contributed by atoms with Crippen LogP contribution in [0.2, 0.25) is 0 Å². The fraction of sp³-hybridized carbons (Fsp3) is 0.318. The maximum atomic E-state index is 13.4. The number of carbonyl (C=O) groups excluding carboxylic acids is 3. The van der Waals surface area contributed by atoms with E-state index in [1.165, 1.54) is 19.1 Å². The Kier molecular flexibility index (Phi) is 6.34. The van der Waals surface area contributed by atoms with Gasteiger partial charge in [-0.2, -0.15) is 0 Å². The average molecular weight is 413 g/mol. The van der Waals surface area contributed by atoms with E-state index in [1.807, 2.05) is 6.07 Å². The highest BCUT2D eigenvalue weighted by atomic mass is 19.1. The van der Waals surface area contributed by atoms with Crippen LogP contribution in [0.4, 0.5) is 4.39 Å². The highest BCUT2D eigenvalue weighted by Crippen LogP contribution is 2.26. The molecule has 7 nitrogen and oxygen atoms in total. The van der Waals surface area contributed by atoms with Gasteiger partial charge in [-0.3, -0.25) is 14.4 Å². The third-order valence-electron chi connectivity index (χ3n) is 5.13. The van der Waals surface area contributed by atoms with Crippen LogP contribution in [-0.4, -0.2) is 53.7 Å². The second kappa shape index (κ2) is 8.94. The topological polar surface area (TPSA) is 92.9 Å². The molecule has 8 heteroatoms. The zero-order valence-electron chi connectivity index (χ0n) is 16.9. The first-order valence-corrected chi connectivity index (χ1v) is 9.67. The van der Waals surface area contributed by atoms with Crippen molar-refractivity contribution in [1.82, 2.24) is 9.80 Å². The Hall–Kier alpha value is -3.42. The number of benzene rings is 2. The minimum atomic E-state index is -0.787. The van der Waals surface area contributed by atoms with Crippen molar-refractivity contribution in [3.63, 3.8) is 0 Å². The summed E-state index contributed by atoms with van der Waals surface area (Å²) in [5.74, 6) is -1.31. The first-order valence-electron chi connectivity index (χ1n) is 9.67. The van der Waals surface area contributed by atoms with Crippen LogP contribution in [-0.2, 0) is 4.79 Å². The summed E-state index contributed by atoms with van der Waals surface area (Å²) in [4.78, 5) is 39.3. The summed E-state index contributed by atoms with van der Waals surface area (Å²) in [6, 6.07) is 10.6. The van der Waals surface area contributed by atoms with E-state index in [2.05, 4.69) is 0 Å². The smallest absolute Gasteiger partial charge is 0.253 e. The summed E-state index contributed by atoms with van der Waals surface area (Å²) < 4.78 is 19.3. The number of primary amides is 1. The summed E-state index contributed by atoms with van der Waals surface area (Å²) in [6.07, 6.45) is -0.504. The van der Waals surface area contributed by atoms with Gasteiger partial charge in [0.15, 0.2) is 0 Å². The molecule has 2 aromatic rings. The van der Waals surface area contributed by atoms with Gasteiger partial charge in [-0.15, -0.1) is 0 Å². The summed E-state index contributed by atoms with van der Waals surface area (Å²) in [5, 5.41) is 0. The lowest BCUT2D eigenvalue weighted by Crippen LogP contribution is -2.50. The summed E-state index contributed by atoms with van der Waals surface area (Å²) in [7, 11) is 0. The Morgan fingerprint density at radius 2 is 1.70 bits per heavy atom. The van der Waals surface area contributed by atoms with Crippen molar-refractivity contribution in [2.75, 3.05) is 26.2 Å². The van der Waals surface area contributed by atoms with Crippen molar-refractivity contribution in [2.45, 2.75) is 20.0 Å². The summed E-state index contributed by atoms with van der Waals surface area (Å²) in [5.41, 5.74) is 6.50. The molecule has 1 saturated heterocycles. The Bertz CT molecular complexity index is 971. The largest absolute Gasteiger partial charge is 0.485 e. The highest BCUT2D eigenvalue weighted by molar-refractivity contribution is 5.96. The number of amides is 3. The van der Waals surface area contributed by atoms with Gasteiger partial charge in [0.25, 0.3) is 11.8 Å². The molecule has 0 radical (unpaired) electrons. The van der Waals surface area contributed by atoms with Crippen LogP contribution in [0.25, 0.3) is 0 Å². The molecule has 2 aromatic carbocycles. The van der Waals surface area contributed by atoms with E-state index in [9.17, 15) is 18.8 Å². The first kappa shape index (κ1) is 21.3. The Morgan fingerprint density at radius 1 is 1.03 bits per heavy atom. The zero-order valence-corrected chi connectivity index (χ0v) is 16.9. The van der Waals surface area contributed by atoms with Gasteiger partial charge in [-0.1, -0.05) is 12.1 Å². The molecule has 1 aliphatic heterocycles. The number of hydrogen-bond donors (Lipinski definition) is 1. The Labute approximate surface area is 174 Å². The van der Waals surface area contributed by atoms with Crippen molar-refractivity contribution >= 4 is 17.7 Å². The van der Waals surface area contributed by atoms with E-state index in [1.54, 1.807) is 34.9 Å². The third kappa shape index (κ3) is 4.76. The summed E-state index contributed by atoms with van der Waals surface area (Å²) >= 11 is 0. The molecule has 3 amide bonds. The molecule has 30 heavy (non-hydrogen) atoms. The number of carbonyl (C=O) groups is 3. The molecule has 0 bridgehead atoms. The van der Waals surface area contributed by atoms with Gasteiger partial charge in [-0.25, -0.2) is 4.39 Å². The number of piperazine rings is 1. The molecule has 3 rings (SSSR count). The van der Waals surface area contributed by atoms with E-state index in [-0.39, 0.29) is 23.1 Å². The fourth-order valence-electron chi connectivity index (χ4n) is 3.39. The van der Waals surface area contributed by atoms with Gasteiger partial charge in [-0.05, 0) is 42.8 Å². The maximum Gasteiger partial charge on any atom is 0.253 e. The van der Waals surface area contributed by atoms with Crippen molar-refractivity contribution in [3.8, 4) is 5.75 Å². The zero-order chi connectivity index (χ0) is 21.8. The quantitative estimate of drug-likeness (QED) is 0.815. The van der Waals surface area contributed by atoms with E-state index in [4.69, 9.17) is 10.5 Å². The highest BCUT2D eigenvalue weighted by Gasteiger charge is 2.24. The predicted molar refractivity (Wildman–Crippen MR) is 109 cm³/mol. The van der Waals surface area contributed by atoms with Crippen molar-refractivity contribution in [1.29, 1.82) is 0 Å². The Balaban J connectivity index is 1.73. The van der Waals surface area contributed by atoms with Crippen LogP contribution >= 0.6 is 0 Å². The second-order valence-corrected chi connectivity index (χ2v) is 7.19. The van der Waals surface area contributed by atoms with Crippen LogP contribution in [0.1, 0.15) is 46.2 Å². The molecule has 0 spiro atoms. The molecule has 158 valence electrons. The van der Waals surface area contributed by atoms with E-state index < -0.39 is 17.8 Å². The molecule has 1 unspecified atom stereocenters. The van der Waals surface area contributed by atoms with Crippen LogP contribution in [0.15, 0.2) is 42.5 Å². The normalized spacial score (nSPS) is 14.9. The van der Waals surface area contributed by atoms with Crippen molar-refractivity contribution in [3.05, 3.63) is 65.0 Å². The first-order chi connectivity index (χ1) is 14.3. The molecule has 0 aliphatic carbocycles. The van der Waals surface area contributed by atoms with Crippen LogP contribution in [0.3, 0.4) is 0 Å². The van der Waals surface area contributed by atoms with Crippen molar-refractivity contribution < 1.29 is 23.5 Å². The molecule has 1 heterocycles. The number of halogens is 1. The van der Waals surface area contributed by atoms with E-state index >= 15 is 0 Å². The Morgan fingerprint density at radius 3 is 2.33 bits per heavy atom. The van der Waals surface area contributed by atoms with Crippen molar-refractivity contribution in [2.24, 2.45) is 5.73 Å². The standard InChI is InChI=1S/C22H24FN3O4/c1-14(30-20-7-6-18(23)13-19(20)21(24)28)16-4-3-5-17(12-16)22(29)26-10-8-25(9-11-26)15(2)27/h3-7,12-14H,8-11H2,1-2H3,(H2,24,28). The number of ether oxygens (including phenoxy) is 1. The molecule has 0 saturated carbocycles. The van der Waals surface area contributed by atoms with E-state index in [0.717, 1.165) is 11.6 Å². The van der Waals surface area contributed by atoms with Crippen LogP contribution < -0.4 is 10.5 Å². The molecule has 1 aliphatic rings. The molecule has 1 atom stereocenters. The number of rotatable bonds is 5. The van der Waals surface area contributed by atoms with Gasteiger partial charge in [0.1, 0.15) is 17.7 Å². The summed E-state index contributed by atoms with van der Waals surface area (Å²) in [6.45, 7) is 5.27. The molecule has 1 fully saturated rings. The molecular formula is C22H24FN3O4. The SMILES string of the molecule is CC(=O)N1CCN(C(=O)c2cccc(C(C)Oc3ccc(F)cc3C(N)=O)c2)CC1. The minimum Gasteiger partial charge on any atom is -0.485 e. The molecular weight excluding hydrogens is 389 g/mol. The van der Waals surface area contributed by atoms with Gasteiger partial charge in [0.05, 0.1) is 5.56 Å². The second-order valence-electron chi connectivity index (χ2n) is 7.19. The monoisotopic (exact) mass is 413 g/mol. The number of nitrogens with two attached hydrogens (primary N) is 1. The van der Waals surface area contributed by atoms with Crippen LogP contribution in [0.5, 0.6) is 5.75 Å².